The summed E-state index contributed by atoms with van der Waals surface area (Å²) in [6.45, 7) is 7.56. The number of amides is 2. The molecule has 58 heavy (non-hydrogen) atoms. The Morgan fingerprint density at radius 2 is 1.14 bits per heavy atom. The molecule has 0 spiro atoms. The number of imide groups is 1. The zero-order valence-electron chi connectivity index (χ0n) is 30.7. The molecule has 2 amide bonds. The summed E-state index contributed by atoms with van der Waals surface area (Å²) in [6.07, 6.45) is 6.50. The molecular formula is C50H28N6O2. The third kappa shape index (κ3) is 5.61. The van der Waals surface area contributed by atoms with E-state index in [9.17, 15) is 10.1 Å². The molecule has 8 nitrogen and oxygen atoms in total. The van der Waals surface area contributed by atoms with Crippen LogP contribution in [0.1, 0.15) is 26.3 Å². The maximum atomic E-state index is 15.0. The first kappa shape index (κ1) is 34.1. The normalized spacial score (nSPS) is 12.1. The van der Waals surface area contributed by atoms with Gasteiger partial charge in [-0.25, -0.2) is 9.74 Å². The molecule has 1 aliphatic heterocycles. The molecule has 0 bridgehead atoms. The lowest BCUT2D eigenvalue weighted by atomic mass is 9.97. The molecule has 0 fully saturated rings. The molecular weight excluding hydrogens is 717 g/mol. The minimum atomic E-state index is -0.429. The Bertz CT molecular complexity index is 3080. The lowest BCUT2D eigenvalue weighted by Crippen LogP contribution is -2.29. The van der Waals surface area contributed by atoms with Crippen LogP contribution in [0.3, 0.4) is 0 Å². The van der Waals surface area contributed by atoms with Crippen LogP contribution in [0.25, 0.3) is 76.8 Å². The van der Waals surface area contributed by atoms with Crippen LogP contribution in [0, 0.1) is 17.9 Å². The number of nitriles is 1. The predicted molar refractivity (Wildman–Crippen MR) is 227 cm³/mol. The smallest absolute Gasteiger partial charge is 0.268 e. The highest BCUT2D eigenvalue weighted by Crippen LogP contribution is 2.42. The number of benzene rings is 6. The number of carbonyl (C=O) groups excluding carboxylic acids is 2. The fourth-order valence-corrected chi connectivity index (χ4v) is 7.97. The van der Waals surface area contributed by atoms with Gasteiger partial charge < -0.3 is 4.57 Å². The summed E-state index contributed by atoms with van der Waals surface area (Å²) >= 11 is 0. The minimum Gasteiger partial charge on any atom is -0.308 e. The van der Waals surface area contributed by atoms with Gasteiger partial charge in [0.05, 0.1) is 45.7 Å². The molecule has 0 saturated carbocycles. The Hall–Kier alpha value is -8.46. The van der Waals surface area contributed by atoms with E-state index in [0.717, 1.165) is 66.3 Å². The second kappa shape index (κ2) is 13.7. The Balaban J connectivity index is 1.19. The van der Waals surface area contributed by atoms with Crippen molar-refractivity contribution in [2.45, 2.75) is 0 Å². The van der Waals surface area contributed by atoms with Crippen molar-refractivity contribution in [2.75, 3.05) is 4.90 Å². The third-order valence-electron chi connectivity index (χ3n) is 10.7. The molecule has 0 saturated heterocycles. The van der Waals surface area contributed by atoms with Gasteiger partial charge in [0, 0.05) is 41.1 Å². The number of aromatic nitrogens is 3. The van der Waals surface area contributed by atoms with Crippen molar-refractivity contribution in [1.29, 1.82) is 5.26 Å². The van der Waals surface area contributed by atoms with Crippen molar-refractivity contribution >= 4 is 45.0 Å². The summed E-state index contributed by atoms with van der Waals surface area (Å²) in [5.41, 5.74) is 11.0. The van der Waals surface area contributed by atoms with E-state index in [1.54, 1.807) is 30.6 Å². The van der Waals surface area contributed by atoms with Gasteiger partial charge in [-0.15, -0.1) is 0 Å². The maximum absolute atomic E-state index is 15.0. The molecule has 1 aliphatic rings. The second-order valence-electron chi connectivity index (χ2n) is 14.1. The first-order valence-electron chi connectivity index (χ1n) is 18.5. The summed E-state index contributed by atoms with van der Waals surface area (Å²) in [7, 11) is 0. The minimum absolute atomic E-state index is 0.290. The van der Waals surface area contributed by atoms with Gasteiger partial charge in [0.25, 0.3) is 11.8 Å². The Labute approximate surface area is 333 Å². The lowest BCUT2D eigenvalue weighted by Gasteiger charge is -2.18. The molecule has 9 aromatic rings. The van der Waals surface area contributed by atoms with Crippen LogP contribution >= 0.6 is 0 Å². The van der Waals surface area contributed by atoms with Crippen molar-refractivity contribution in [1.82, 2.24) is 14.5 Å². The highest BCUT2D eigenvalue weighted by molar-refractivity contribution is 6.36. The zero-order valence-corrected chi connectivity index (χ0v) is 30.7. The van der Waals surface area contributed by atoms with Crippen molar-refractivity contribution in [3.63, 3.8) is 0 Å². The molecule has 0 N–H and O–H groups in total. The average Bonchev–Trinajstić information content (AvgIpc) is 3.75. The lowest BCUT2D eigenvalue weighted by molar-refractivity contribution is 0.0926. The number of fused-ring (bicyclic) bond motifs is 4. The van der Waals surface area contributed by atoms with Crippen molar-refractivity contribution < 1.29 is 9.59 Å². The summed E-state index contributed by atoms with van der Waals surface area (Å²) in [6, 6.07) is 49.0. The molecule has 10 rings (SSSR count). The fourth-order valence-electron chi connectivity index (χ4n) is 7.97. The van der Waals surface area contributed by atoms with Crippen LogP contribution in [0.5, 0.6) is 0 Å². The quantitative estimate of drug-likeness (QED) is 0.125. The standard InChI is InChI=1S/C50H28N6O2/c1-52-40-21-39(29-54-30-40)35-16-18-43-42-17-15-34(38-19-31(26-51)27-53-28-38)24-46(42)56(47(43)25-35)45-14-8-13-44-48(45)50(58)55(49(44)57)41-22-36(32-9-4-2-5-10-32)20-37(23-41)33-11-6-3-7-12-33/h2-25,27-30H. The largest absolute Gasteiger partial charge is 0.308 e. The van der Waals surface area contributed by atoms with Gasteiger partial charge in [-0.05, 0) is 93.5 Å². The zero-order chi connectivity index (χ0) is 39.3. The van der Waals surface area contributed by atoms with Gasteiger partial charge in [-0.3, -0.25) is 19.6 Å². The number of hydrogen-bond donors (Lipinski definition) is 0. The SMILES string of the molecule is [C-]#[N+]c1cncc(-c2ccc3c4ccc(-c5cncc(C#N)c5)cc4n(-c4cccc5c4C(=O)N(c4cc(-c6ccccc6)cc(-c6ccccc6)c4)C5=O)c3c2)c1. The molecule has 0 atom stereocenters. The first-order valence-corrected chi connectivity index (χ1v) is 18.5. The Morgan fingerprint density at radius 3 is 1.74 bits per heavy atom. The van der Waals surface area contributed by atoms with E-state index >= 15 is 4.79 Å². The third-order valence-corrected chi connectivity index (χ3v) is 10.7. The van der Waals surface area contributed by atoms with Crippen molar-refractivity contribution in [3.05, 3.63) is 198 Å². The van der Waals surface area contributed by atoms with Gasteiger partial charge in [0.15, 0.2) is 0 Å². The summed E-state index contributed by atoms with van der Waals surface area (Å²) in [5, 5.41) is 11.5. The van der Waals surface area contributed by atoms with Crippen LogP contribution in [0.4, 0.5) is 11.4 Å². The number of carbonyl (C=O) groups is 2. The van der Waals surface area contributed by atoms with Crippen molar-refractivity contribution in [2.24, 2.45) is 0 Å². The molecule has 270 valence electrons. The number of pyridine rings is 2. The number of nitrogens with zero attached hydrogens (tertiary/aromatic N) is 6. The van der Waals surface area contributed by atoms with Gasteiger partial charge >= 0.3 is 0 Å². The van der Waals surface area contributed by atoms with Gasteiger partial charge in [0.1, 0.15) is 6.07 Å². The highest BCUT2D eigenvalue weighted by Gasteiger charge is 2.40. The Kier molecular flexibility index (Phi) is 8.04. The summed E-state index contributed by atoms with van der Waals surface area (Å²) in [4.78, 5) is 43.1. The molecule has 4 heterocycles. The maximum Gasteiger partial charge on any atom is 0.268 e. The predicted octanol–water partition coefficient (Wildman–Crippen LogP) is 11.5. The number of hydrogen-bond acceptors (Lipinski definition) is 5. The van der Waals surface area contributed by atoms with E-state index in [1.165, 1.54) is 17.3 Å². The fraction of sp³-hybridized carbons (Fsp3) is 0. The topological polar surface area (TPSA) is 96.2 Å². The van der Waals surface area contributed by atoms with E-state index in [4.69, 9.17) is 6.57 Å². The molecule has 6 aromatic carbocycles. The van der Waals surface area contributed by atoms with Crippen LogP contribution in [-0.2, 0) is 0 Å². The van der Waals surface area contributed by atoms with Crippen LogP contribution in [-0.4, -0.2) is 26.3 Å². The Morgan fingerprint density at radius 1 is 0.534 bits per heavy atom. The van der Waals surface area contributed by atoms with E-state index < -0.39 is 11.8 Å². The number of anilines is 1. The second-order valence-corrected chi connectivity index (χ2v) is 14.1. The monoisotopic (exact) mass is 744 g/mol. The molecule has 8 heteroatoms. The molecule has 3 aromatic heterocycles. The van der Waals surface area contributed by atoms with E-state index in [1.807, 2.05) is 126 Å². The van der Waals surface area contributed by atoms with E-state index in [0.29, 0.717) is 33.8 Å². The summed E-state index contributed by atoms with van der Waals surface area (Å²) < 4.78 is 2.04. The van der Waals surface area contributed by atoms with Crippen LogP contribution in [0.15, 0.2) is 170 Å². The average molecular weight is 745 g/mol. The van der Waals surface area contributed by atoms with Gasteiger partial charge in [0.2, 0.25) is 5.69 Å². The van der Waals surface area contributed by atoms with Crippen molar-refractivity contribution in [3.8, 4) is 56.3 Å². The first-order chi connectivity index (χ1) is 28.5. The van der Waals surface area contributed by atoms with E-state index in [-0.39, 0.29) is 0 Å². The van der Waals surface area contributed by atoms with E-state index in [2.05, 4.69) is 26.9 Å². The summed E-state index contributed by atoms with van der Waals surface area (Å²) in [5.74, 6) is -0.836. The molecule has 0 aliphatic carbocycles. The van der Waals surface area contributed by atoms with Crippen LogP contribution in [0.2, 0.25) is 0 Å². The molecule has 0 radical (unpaired) electrons. The van der Waals surface area contributed by atoms with Gasteiger partial charge in [-0.2, -0.15) is 5.26 Å². The van der Waals surface area contributed by atoms with Gasteiger partial charge in [-0.1, -0.05) is 91.0 Å². The number of rotatable bonds is 6. The highest BCUT2D eigenvalue weighted by atomic mass is 16.2. The molecule has 0 unspecified atom stereocenters. The van der Waals surface area contributed by atoms with Crippen LogP contribution < -0.4 is 4.90 Å².